The van der Waals surface area contributed by atoms with Crippen molar-refractivity contribution in [2.75, 3.05) is 0 Å². The maximum Gasteiger partial charge on any atom is 0.306 e. The molecule has 20 heavy (non-hydrogen) atoms. The van der Waals surface area contributed by atoms with E-state index in [9.17, 15) is 22.0 Å². The van der Waals surface area contributed by atoms with Crippen molar-refractivity contribution in [1.82, 2.24) is 4.72 Å². The highest BCUT2D eigenvalue weighted by molar-refractivity contribution is 7.89. The Morgan fingerprint density at radius 3 is 2.50 bits per heavy atom. The van der Waals surface area contributed by atoms with Crippen molar-refractivity contribution in [2.24, 2.45) is 5.92 Å². The molecular formula is C12H13F2NO4S. The fourth-order valence-electron chi connectivity index (χ4n) is 2.24. The van der Waals surface area contributed by atoms with Crippen LogP contribution in [0.3, 0.4) is 0 Å². The molecule has 1 aliphatic carbocycles. The zero-order valence-electron chi connectivity index (χ0n) is 10.3. The van der Waals surface area contributed by atoms with Gasteiger partial charge >= 0.3 is 5.97 Å². The van der Waals surface area contributed by atoms with Crippen LogP contribution in [0.1, 0.15) is 19.3 Å². The number of carboxylic acid groups (broad SMARTS) is 1. The number of rotatable bonds is 4. The van der Waals surface area contributed by atoms with Gasteiger partial charge in [0.15, 0.2) is 11.6 Å². The summed E-state index contributed by atoms with van der Waals surface area (Å²) >= 11 is 0. The lowest BCUT2D eigenvalue weighted by Gasteiger charge is -2.13. The molecule has 1 saturated carbocycles. The third kappa shape index (κ3) is 3.13. The van der Waals surface area contributed by atoms with Gasteiger partial charge in [0, 0.05) is 6.04 Å². The Kier molecular flexibility index (Phi) is 4.05. The van der Waals surface area contributed by atoms with Crippen molar-refractivity contribution in [3.05, 3.63) is 29.8 Å². The Labute approximate surface area is 114 Å². The molecule has 1 aliphatic rings. The van der Waals surface area contributed by atoms with Crippen LogP contribution in [0.25, 0.3) is 0 Å². The van der Waals surface area contributed by atoms with Crippen molar-refractivity contribution >= 4 is 16.0 Å². The van der Waals surface area contributed by atoms with Crippen LogP contribution in [-0.2, 0) is 14.8 Å². The summed E-state index contributed by atoms with van der Waals surface area (Å²) in [5.41, 5.74) is 0. The molecule has 0 unspecified atom stereocenters. The van der Waals surface area contributed by atoms with Crippen LogP contribution < -0.4 is 4.72 Å². The topological polar surface area (TPSA) is 83.5 Å². The lowest BCUT2D eigenvalue weighted by molar-refractivity contribution is -0.141. The van der Waals surface area contributed by atoms with Crippen LogP contribution in [0.2, 0.25) is 0 Å². The molecular weight excluding hydrogens is 292 g/mol. The first kappa shape index (κ1) is 14.9. The predicted octanol–water partition coefficient (Wildman–Crippen LogP) is 1.50. The van der Waals surface area contributed by atoms with E-state index in [-0.39, 0.29) is 11.3 Å². The molecule has 0 amide bonds. The van der Waals surface area contributed by atoms with Crippen LogP contribution >= 0.6 is 0 Å². The van der Waals surface area contributed by atoms with Crippen LogP contribution in [0, 0.1) is 17.6 Å². The molecule has 0 spiro atoms. The largest absolute Gasteiger partial charge is 0.481 e. The first-order chi connectivity index (χ1) is 9.29. The molecule has 0 aliphatic heterocycles. The Morgan fingerprint density at radius 1 is 1.25 bits per heavy atom. The molecule has 1 aromatic carbocycles. The van der Waals surface area contributed by atoms with E-state index < -0.39 is 39.6 Å². The second-order valence-electron chi connectivity index (χ2n) is 4.74. The van der Waals surface area contributed by atoms with Gasteiger partial charge in [0.05, 0.1) is 10.8 Å². The molecule has 1 aromatic rings. The Bertz CT molecular complexity index is 632. The Balaban J connectivity index is 2.12. The fourth-order valence-corrected chi connectivity index (χ4v) is 3.54. The standard InChI is InChI=1S/C12H13F2NO4S/c13-10-4-3-9(6-11(10)14)20(18,19)15-8-2-1-7(5-8)12(16)17/h3-4,6-8,15H,1-2,5H2,(H,16,17)/t7-,8+/m1/s1. The van der Waals surface area contributed by atoms with Gasteiger partial charge in [-0.2, -0.15) is 0 Å². The summed E-state index contributed by atoms with van der Waals surface area (Å²) in [6.45, 7) is 0. The molecule has 8 heteroatoms. The normalized spacial score (nSPS) is 22.9. The number of aliphatic carboxylic acids is 1. The van der Waals surface area contributed by atoms with Gasteiger partial charge in [-0.3, -0.25) is 4.79 Å². The van der Waals surface area contributed by atoms with E-state index in [1.54, 1.807) is 0 Å². The number of carboxylic acids is 1. The summed E-state index contributed by atoms with van der Waals surface area (Å²) in [7, 11) is -3.98. The van der Waals surface area contributed by atoms with Gasteiger partial charge in [-0.1, -0.05) is 0 Å². The SMILES string of the molecule is O=C(O)[C@@H]1CC[C@H](NS(=O)(=O)c2ccc(F)c(F)c2)C1. The van der Waals surface area contributed by atoms with Crippen molar-refractivity contribution in [3.63, 3.8) is 0 Å². The van der Waals surface area contributed by atoms with Gasteiger partial charge in [-0.05, 0) is 37.5 Å². The molecule has 0 saturated heterocycles. The molecule has 0 bridgehead atoms. The summed E-state index contributed by atoms with van der Waals surface area (Å²) < 4.78 is 52.1. The first-order valence-corrected chi connectivity index (χ1v) is 7.48. The van der Waals surface area contributed by atoms with E-state index in [0.717, 1.165) is 12.1 Å². The molecule has 2 rings (SSSR count). The monoisotopic (exact) mass is 305 g/mol. The van der Waals surface area contributed by atoms with Crippen molar-refractivity contribution in [2.45, 2.75) is 30.2 Å². The molecule has 1 fully saturated rings. The number of hydrogen-bond donors (Lipinski definition) is 2. The molecule has 2 N–H and O–H groups in total. The highest BCUT2D eigenvalue weighted by atomic mass is 32.2. The number of carbonyl (C=O) groups is 1. The minimum Gasteiger partial charge on any atom is -0.481 e. The van der Waals surface area contributed by atoms with E-state index in [1.165, 1.54) is 0 Å². The maximum absolute atomic E-state index is 13.0. The van der Waals surface area contributed by atoms with E-state index in [1.807, 2.05) is 0 Å². The van der Waals surface area contributed by atoms with Gasteiger partial charge in [0.1, 0.15) is 0 Å². The number of halogens is 2. The van der Waals surface area contributed by atoms with Gasteiger partial charge < -0.3 is 5.11 Å². The minimum atomic E-state index is -3.98. The van der Waals surface area contributed by atoms with Gasteiger partial charge in [0.25, 0.3) is 0 Å². The molecule has 110 valence electrons. The molecule has 0 radical (unpaired) electrons. The number of benzene rings is 1. The van der Waals surface area contributed by atoms with Gasteiger partial charge in [-0.25, -0.2) is 21.9 Å². The highest BCUT2D eigenvalue weighted by Gasteiger charge is 2.32. The van der Waals surface area contributed by atoms with Gasteiger partial charge in [-0.15, -0.1) is 0 Å². The number of hydrogen-bond acceptors (Lipinski definition) is 3. The van der Waals surface area contributed by atoms with Crippen molar-refractivity contribution in [3.8, 4) is 0 Å². The molecule has 5 nitrogen and oxygen atoms in total. The summed E-state index contributed by atoms with van der Waals surface area (Å²) in [5, 5.41) is 8.84. The minimum absolute atomic E-state index is 0.193. The maximum atomic E-state index is 13.0. The molecule has 0 aromatic heterocycles. The summed E-state index contributed by atoms with van der Waals surface area (Å²) in [5.74, 6) is -3.91. The Morgan fingerprint density at radius 2 is 1.95 bits per heavy atom. The van der Waals surface area contributed by atoms with E-state index >= 15 is 0 Å². The average molecular weight is 305 g/mol. The lowest BCUT2D eigenvalue weighted by atomic mass is 10.1. The smallest absolute Gasteiger partial charge is 0.306 e. The van der Waals surface area contributed by atoms with Crippen molar-refractivity contribution in [1.29, 1.82) is 0 Å². The van der Waals surface area contributed by atoms with E-state index in [0.29, 0.717) is 18.9 Å². The van der Waals surface area contributed by atoms with Crippen LogP contribution in [0.4, 0.5) is 8.78 Å². The fraction of sp³-hybridized carbons (Fsp3) is 0.417. The third-order valence-electron chi connectivity index (χ3n) is 3.31. The van der Waals surface area contributed by atoms with Gasteiger partial charge in [0.2, 0.25) is 10.0 Å². The quantitative estimate of drug-likeness (QED) is 0.883. The molecule has 0 heterocycles. The lowest BCUT2D eigenvalue weighted by Crippen LogP contribution is -2.33. The average Bonchev–Trinajstić information content (AvgIpc) is 2.80. The zero-order chi connectivity index (χ0) is 14.9. The van der Waals surface area contributed by atoms with Crippen molar-refractivity contribution < 1.29 is 27.1 Å². The third-order valence-corrected chi connectivity index (χ3v) is 4.82. The van der Waals surface area contributed by atoms with Crippen LogP contribution in [0.5, 0.6) is 0 Å². The second-order valence-corrected chi connectivity index (χ2v) is 6.46. The number of nitrogens with one attached hydrogen (secondary N) is 1. The zero-order valence-corrected chi connectivity index (χ0v) is 11.2. The van der Waals surface area contributed by atoms with E-state index in [2.05, 4.69) is 4.72 Å². The predicted molar refractivity (Wildman–Crippen MR) is 65.4 cm³/mol. The van der Waals surface area contributed by atoms with Crippen LogP contribution in [0.15, 0.2) is 23.1 Å². The second kappa shape index (κ2) is 5.45. The summed E-state index contributed by atoms with van der Waals surface area (Å²) in [6, 6.07) is 1.79. The Hall–Kier alpha value is -1.54. The summed E-state index contributed by atoms with van der Waals surface area (Å²) in [4.78, 5) is 10.4. The summed E-state index contributed by atoms with van der Waals surface area (Å²) in [6.07, 6.45) is 0.985. The highest BCUT2D eigenvalue weighted by Crippen LogP contribution is 2.27. The van der Waals surface area contributed by atoms with Crippen LogP contribution in [-0.4, -0.2) is 25.5 Å². The molecule has 2 atom stereocenters. The first-order valence-electron chi connectivity index (χ1n) is 6.00. The van der Waals surface area contributed by atoms with E-state index in [4.69, 9.17) is 5.11 Å². The number of sulfonamides is 1.